The minimum Gasteiger partial charge on any atom is -0.480 e. The van der Waals surface area contributed by atoms with Gasteiger partial charge in [0.1, 0.15) is 18.1 Å². The van der Waals surface area contributed by atoms with Gasteiger partial charge in [0.05, 0.1) is 0 Å². The third-order valence-electron chi connectivity index (χ3n) is 2.96. The number of ether oxygens (including phenoxy) is 1. The van der Waals surface area contributed by atoms with E-state index in [1.807, 2.05) is 6.92 Å². The summed E-state index contributed by atoms with van der Waals surface area (Å²) in [4.78, 5) is 35.9. The summed E-state index contributed by atoms with van der Waals surface area (Å²) in [5, 5.41) is 9.20. The normalized spacial score (nSPS) is 14.3. The predicted octanol–water partition coefficient (Wildman–Crippen LogP) is 1.68. The molecule has 0 aliphatic carbocycles. The lowest BCUT2D eigenvalue weighted by molar-refractivity contribution is -0.161. The first-order chi connectivity index (χ1) is 8.99. The highest BCUT2D eigenvalue weighted by atomic mass is 16.6. The van der Waals surface area contributed by atoms with Crippen LogP contribution in [0.3, 0.4) is 0 Å². The third kappa shape index (κ3) is 6.04. The lowest BCUT2D eigenvalue weighted by Crippen LogP contribution is -2.47. The van der Waals surface area contributed by atoms with Crippen molar-refractivity contribution in [2.45, 2.75) is 59.1 Å². The lowest BCUT2D eigenvalue weighted by Gasteiger charge is -2.29. The number of carboxylic acid groups (broad SMARTS) is 1. The van der Waals surface area contributed by atoms with E-state index in [2.05, 4.69) is 0 Å². The Labute approximate surface area is 120 Å². The molecular weight excluding hydrogens is 262 g/mol. The van der Waals surface area contributed by atoms with Crippen LogP contribution in [-0.2, 0) is 19.1 Å². The Morgan fingerprint density at radius 1 is 1.25 bits per heavy atom. The van der Waals surface area contributed by atoms with E-state index < -0.39 is 35.9 Å². The molecular formula is C14H25NO5. The molecule has 0 rings (SSSR count). The fourth-order valence-corrected chi connectivity index (χ4v) is 1.79. The molecule has 0 aliphatic heterocycles. The van der Waals surface area contributed by atoms with Crippen molar-refractivity contribution in [3.63, 3.8) is 0 Å². The molecule has 0 unspecified atom stereocenters. The van der Waals surface area contributed by atoms with Gasteiger partial charge in [0, 0.05) is 7.05 Å². The Bertz CT molecular complexity index is 372. The summed E-state index contributed by atoms with van der Waals surface area (Å²) in [6.45, 7) is 8.73. The first kappa shape index (κ1) is 18.4. The quantitative estimate of drug-likeness (QED) is 0.593. The first-order valence-electron chi connectivity index (χ1n) is 6.70. The van der Waals surface area contributed by atoms with Gasteiger partial charge in [-0.1, -0.05) is 20.3 Å². The SMILES string of the molecule is CC[C@H](C)[C@@H](C(=O)O)N(C)C(=O)CC(=O)OC(C)(C)C. The second-order valence-corrected chi connectivity index (χ2v) is 5.94. The molecule has 0 aliphatic rings. The van der Waals surface area contributed by atoms with Gasteiger partial charge >= 0.3 is 11.9 Å². The smallest absolute Gasteiger partial charge is 0.326 e. The molecule has 1 N–H and O–H groups in total. The summed E-state index contributed by atoms with van der Waals surface area (Å²) in [5.74, 6) is -2.46. The number of hydrogen-bond acceptors (Lipinski definition) is 4. The van der Waals surface area contributed by atoms with Crippen LogP contribution in [-0.4, -0.2) is 46.5 Å². The summed E-state index contributed by atoms with van der Waals surface area (Å²) < 4.78 is 5.05. The highest BCUT2D eigenvalue weighted by Gasteiger charge is 2.32. The van der Waals surface area contributed by atoms with Crippen LogP contribution in [0.25, 0.3) is 0 Å². The molecule has 116 valence electrons. The molecule has 0 radical (unpaired) electrons. The molecule has 0 saturated heterocycles. The van der Waals surface area contributed by atoms with Gasteiger partial charge in [-0.25, -0.2) is 4.79 Å². The van der Waals surface area contributed by atoms with Crippen LogP contribution in [0.2, 0.25) is 0 Å². The number of hydrogen-bond donors (Lipinski definition) is 1. The van der Waals surface area contributed by atoms with Crippen LogP contribution < -0.4 is 0 Å². The largest absolute Gasteiger partial charge is 0.480 e. The van der Waals surface area contributed by atoms with Crippen LogP contribution in [0.5, 0.6) is 0 Å². The van der Waals surface area contributed by atoms with Crippen LogP contribution in [0.1, 0.15) is 47.5 Å². The number of likely N-dealkylation sites (N-methyl/N-ethyl adjacent to an activating group) is 1. The van der Waals surface area contributed by atoms with E-state index in [0.717, 1.165) is 4.90 Å². The van der Waals surface area contributed by atoms with Crippen LogP contribution in [0, 0.1) is 5.92 Å². The molecule has 20 heavy (non-hydrogen) atoms. The van der Waals surface area contributed by atoms with Crippen molar-refractivity contribution in [2.75, 3.05) is 7.05 Å². The Balaban J connectivity index is 4.75. The maximum atomic E-state index is 12.0. The van der Waals surface area contributed by atoms with Gasteiger partial charge in [-0.05, 0) is 26.7 Å². The molecule has 6 heteroatoms. The number of aliphatic carboxylic acids is 1. The summed E-state index contributed by atoms with van der Waals surface area (Å²) in [5.41, 5.74) is -0.668. The Hall–Kier alpha value is -1.59. The van der Waals surface area contributed by atoms with Gasteiger partial charge in [0.15, 0.2) is 0 Å². The number of nitrogens with zero attached hydrogens (tertiary/aromatic N) is 1. The molecule has 0 aromatic carbocycles. The monoisotopic (exact) mass is 287 g/mol. The number of carbonyl (C=O) groups is 3. The number of amides is 1. The van der Waals surface area contributed by atoms with E-state index in [1.54, 1.807) is 27.7 Å². The first-order valence-corrected chi connectivity index (χ1v) is 6.70. The molecule has 1 amide bonds. The standard InChI is InChI=1S/C14H25NO5/c1-7-9(2)12(13(18)19)15(6)10(16)8-11(17)20-14(3,4)5/h9,12H,7-8H2,1-6H3,(H,18,19)/t9-,12-/m0/s1. The maximum absolute atomic E-state index is 12.0. The maximum Gasteiger partial charge on any atom is 0.326 e. The van der Waals surface area contributed by atoms with E-state index in [4.69, 9.17) is 4.74 Å². The van der Waals surface area contributed by atoms with E-state index >= 15 is 0 Å². The topological polar surface area (TPSA) is 83.9 Å². The minimum atomic E-state index is -1.07. The van der Waals surface area contributed by atoms with Crippen LogP contribution >= 0.6 is 0 Å². The minimum absolute atomic E-state index is 0.194. The number of esters is 1. The third-order valence-corrected chi connectivity index (χ3v) is 2.96. The van der Waals surface area contributed by atoms with Gasteiger partial charge in [-0.15, -0.1) is 0 Å². The number of rotatable bonds is 6. The van der Waals surface area contributed by atoms with Crippen molar-refractivity contribution in [1.82, 2.24) is 4.90 Å². The molecule has 6 nitrogen and oxygen atoms in total. The highest BCUT2D eigenvalue weighted by Crippen LogP contribution is 2.16. The lowest BCUT2D eigenvalue weighted by atomic mass is 9.98. The van der Waals surface area contributed by atoms with Crippen LogP contribution in [0.4, 0.5) is 0 Å². The molecule has 0 fully saturated rings. The van der Waals surface area contributed by atoms with Gasteiger partial charge in [-0.2, -0.15) is 0 Å². The van der Waals surface area contributed by atoms with Crippen molar-refractivity contribution in [2.24, 2.45) is 5.92 Å². The van der Waals surface area contributed by atoms with Gasteiger partial charge in [0.25, 0.3) is 0 Å². The number of carbonyl (C=O) groups excluding carboxylic acids is 2. The van der Waals surface area contributed by atoms with Crippen molar-refractivity contribution >= 4 is 17.8 Å². The van der Waals surface area contributed by atoms with Crippen molar-refractivity contribution < 1.29 is 24.2 Å². The zero-order valence-electron chi connectivity index (χ0n) is 13.1. The zero-order chi connectivity index (χ0) is 16.1. The zero-order valence-corrected chi connectivity index (χ0v) is 13.1. The molecule has 0 aromatic rings. The predicted molar refractivity (Wildman–Crippen MR) is 74.1 cm³/mol. The summed E-state index contributed by atoms with van der Waals surface area (Å²) >= 11 is 0. The second-order valence-electron chi connectivity index (χ2n) is 5.94. The summed E-state index contributed by atoms with van der Waals surface area (Å²) in [6, 6.07) is -0.935. The molecule has 0 saturated carbocycles. The Morgan fingerprint density at radius 3 is 2.10 bits per heavy atom. The van der Waals surface area contributed by atoms with E-state index in [-0.39, 0.29) is 5.92 Å². The molecule has 0 heterocycles. The van der Waals surface area contributed by atoms with Crippen molar-refractivity contribution in [3.05, 3.63) is 0 Å². The molecule has 0 spiro atoms. The molecule has 0 bridgehead atoms. The van der Waals surface area contributed by atoms with E-state index in [1.165, 1.54) is 7.05 Å². The summed E-state index contributed by atoms with van der Waals surface area (Å²) in [6.07, 6.45) is 0.176. The van der Waals surface area contributed by atoms with Gasteiger partial charge < -0.3 is 14.7 Å². The Morgan fingerprint density at radius 2 is 1.75 bits per heavy atom. The van der Waals surface area contributed by atoms with Crippen molar-refractivity contribution in [3.8, 4) is 0 Å². The Kier molecular flexibility index (Phi) is 6.68. The fraction of sp³-hybridized carbons (Fsp3) is 0.786. The average molecular weight is 287 g/mol. The molecule has 0 aromatic heterocycles. The average Bonchev–Trinajstić information content (AvgIpc) is 2.25. The molecule has 2 atom stereocenters. The second kappa shape index (κ2) is 7.26. The number of carboxylic acids is 1. The highest BCUT2D eigenvalue weighted by molar-refractivity contribution is 5.96. The van der Waals surface area contributed by atoms with Gasteiger partial charge in [-0.3, -0.25) is 9.59 Å². The van der Waals surface area contributed by atoms with E-state index in [0.29, 0.717) is 6.42 Å². The summed E-state index contributed by atoms with van der Waals surface area (Å²) in [7, 11) is 1.40. The van der Waals surface area contributed by atoms with Crippen molar-refractivity contribution in [1.29, 1.82) is 0 Å². The van der Waals surface area contributed by atoms with Gasteiger partial charge in [0.2, 0.25) is 5.91 Å². The van der Waals surface area contributed by atoms with Crippen LogP contribution in [0.15, 0.2) is 0 Å². The fourth-order valence-electron chi connectivity index (χ4n) is 1.79. The van der Waals surface area contributed by atoms with E-state index in [9.17, 15) is 19.5 Å².